The lowest BCUT2D eigenvalue weighted by Crippen LogP contribution is -2.37. The van der Waals surface area contributed by atoms with Gasteiger partial charge in [-0.3, -0.25) is 9.48 Å². The molecule has 8 nitrogen and oxygen atoms in total. The van der Waals surface area contributed by atoms with E-state index in [4.69, 9.17) is 4.74 Å². The molecule has 1 aromatic carbocycles. The minimum Gasteiger partial charge on any atom is -0.379 e. The molecule has 0 bridgehead atoms. The Morgan fingerprint density at radius 1 is 1.12 bits per heavy atom. The Kier molecular flexibility index (Phi) is 5.78. The first kappa shape index (κ1) is 20.9. The van der Waals surface area contributed by atoms with Crippen LogP contribution in [0.2, 0.25) is 0 Å². The van der Waals surface area contributed by atoms with Crippen molar-refractivity contribution in [3.8, 4) is 0 Å². The first-order valence-electron chi connectivity index (χ1n) is 11.3. The van der Waals surface area contributed by atoms with E-state index in [0.717, 1.165) is 43.7 Å². The minimum atomic E-state index is 0.0753. The van der Waals surface area contributed by atoms with E-state index in [-0.39, 0.29) is 18.1 Å². The second-order valence-corrected chi connectivity index (χ2v) is 9.14. The third kappa shape index (κ3) is 4.32. The molecule has 0 N–H and O–H groups in total. The molecule has 3 aromatic rings. The Hall–Kier alpha value is -3.00. The normalized spacial score (nSPS) is 25.1. The van der Waals surface area contributed by atoms with Crippen molar-refractivity contribution in [3.05, 3.63) is 65.7 Å². The highest BCUT2D eigenvalue weighted by Gasteiger charge is 2.44. The van der Waals surface area contributed by atoms with Crippen LogP contribution < -0.4 is 0 Å². The summed E-state index contributed by atoms with van der Waals surface area (Å²) >= 11 is 0. The maximum atomic E-state index is 12.9. The highest BCUT2D eigenvalue weighted by molar-refractivity contribution is 5.76. The summed E-state index contributed by atoms with van der Waals surface area (Å²) in [5, 5.41) is 13.2. The maximum Gasteiger partial charge on any atom is 0.244 e. The molecule has 0 unspecified atom stereocenters. The first-order valence-corrected chi connectivity index (χ1v) is 11.3. The number of hydrogen-bond acceptors (Lipinski definition) is 5. The fourth-order valence-corrected chi connectivity index (χ4v) is 5.28. The summed E-state index contributed by atoms with van der Waals surface area (Å²) in [7, 11) is 1.78. The van der Waals surface area contributed by atoms with Crippen molar-refractivity contribution >= 4 is 5.91 Å². The predicted octanol–water partition coefficient (Wildman–Crippen LogP) is 2.50. The maximum absolute atomic E-state index is 12.9. The summed E-state index contributed by atoms with van der Waals surface area (Å²) < 4.78 is 9.59. The predicted molar refractivity (Wildman–Crippen MR) is 119 cm³/mol. The fourth-order valence-electron chi connectivity index (χ4n) is 5.28. The third-order valence-corrected chi connectivity index (χ3v) is 6.94. The smallest absolute Gasteiger partial charge is 0.244 e. The van der Waals surface area contributed by atoms with Gasteiger partial charge in [0.15, 0.2) is 0 Å². The van der Waals surface area contributed by atoms with E-state index in [1.54, 1.807) is 11.8 Å². The van der Waals surface area contributed by atoms with Gasteiger partial charge in [0.2, 0.25) is 5.91 Å². The number of nitrogens with zero attached hydrogens (tertiary/aromatic N) is 6. The molecule has 2 fully saturated rings. The van der Waals surface area contributed by atoms with Gasteiger partial charge in [-0.2, -0.15) is 5.10 Å². The van der Waals surface area contributed by atoms with Crippen LogP contribution in [-0.4, -0.2) is 61.9 Å². The summed E-state index contributed by atoms with van der Waals surface area (Å²) in [5.41, 5.74) is 3.12. The number of likely N-dealkylation sites (tertiary alicyclic amines) is 1. The van der Waals surface area contributed by atoms with Gasteiger partial charge in [-0.25, -0.2) is 4.68 Å². The summed E-state index contributed by atoms with van der Waals surface area (Å²) in [6.45, 7) is 3.83. The molecule has 8 heteroatoms. The number of aryl methyl sites for hydroxylation is 1. The lowest BCUT2D eigenvalue weighted by atomic mass is 9.77. The van der Waals surface area contributed by atoms with Gasteiger partial charge in [-0.1, -0.05) is 35.5 Å². The van der Waals surface area contributed by atoms with Crippen molar-refractivity contribution < 1.29 is 9.53 Å². The number of fused-ring (bicyclic) bond motifs is 1. The van der Waals surface area contributed by atoms with E-state index in [1.807, 2.05) is 47.0 Å². The van der Waals surface area contributed by atoms with E-state index in [0.29, 0.717) is 18.4 Å². The van der Waals surface area contributed by atoms with Gasteiger partial charge < -0.3 is 9.64 Å². The highest BCUT2D eigenvalue weighted by atomic mass is 16.5. The van der Waals surface area contributed by atoms with Gasteiger partial charge in [0, 0.05) is 39.0 Å². The number of amides is 1. The molecular weight excluding hydrogens is 404 g/mol. The lowest BCUT2D eigenvalue weighted by molar-refractivity contribution is -0.131. The topological polar surface area (TPSA) is 78.1 Å². The van der Waals surface area contributed by atoms with Crippen LogP contribution in [0.15, 0.2) is 48.8 Å². The Morgan fingerprint density at radius 2 is 1.91 bits per heavy atom. The number of methoxy groups -OCH3 is 1. The van der Waals surface area contributed by atoms with E-state index in [1.165, 1.54) is 5.56 Å². The Bertz CT molecular complexity index is 1060. The Morgan fingerprint density at radius 3 is 2.62 bits per heavy atom. The van der Waals surface area contributed by atoms with E-state index >= 15 is 0 Å². The van der Waals surface area contributed by atoms with Crippen molar-refractivity contribution in [2.45, 2.75) is 44.9 Å². The van der Waals surface area contributed by atoms with Gasteiger partial charge in [-0.05, 0) is 43.2 Å². The first-order chi connectivity index (χ1) is 15.6. The minimum absolute atomic E-state index is 0.0753. The largest absolute Gasteiger partial charge is 0.379 e. The molecule has 1 saturated heterocycles. The fraction of sp³-hybridized carbons (Fsp3) is 0.500. The highest BCUT2D eigenvalue weighted by Crippen LogP contribution is 2.42. The summed E-state index contributed by atoms with van der Waals surface area (Å²) in [6, 6.07) is 12.4. The van der Waals surface area contributed by atoms with E-state index in [9.17, 15) is 4.79 Å². The van der Waals surface area contributed by atoms with Crippen LogP contribution in [0.3, 0.4) is 0 Å². The molecule has 32 heavy (non-hydrogen) atoms. The van der Waals surface area contributed by atoms with Crippen LogP contribution in [0, 0.1) is 18.8 Å². The van der Waals surface area contributed by atoms with Crippen LogP contribution in [0.1, 0.15) is 35.8 Å². The summed E-state index contributed by atoms with van der Waals surface area (Å²) in [4.78, 5) is 14.9. The van der Waals surface area contributed by atoms with Gasteiger partial charge in [0.05, 0.1) is 23.5 Å². The molecule has 2 aromatic heterocycles. The molecule has 2 aliphatic rings. The SMILES string of the molecule is CO[C@@H]1C[C@H]2CN(C(=O)Cn3ccc(C)n3)C[C@H]2C[C@H]1n1cc(Cc2ccccc2)nn1. The molecular formula is C24H30N6O2. The monoisotopic (exact) mass is 434 g/mol. The van der Waals surface area contributed by atoms with Crippen molar-refractivity contribution in [1.82, 2.24) is 29.7 Å². The van der Waals surface area contributed by atoms with Crippen LogP contribution in [-0.2, 0) is 22.5 Å². The molecule has 3 heterocycles. The number of carbonyl (C=O) groups excluding carboxylic acids is 1. The Balaban J connectivity index is 1.25. The van der Waals surface area contributed by atoms with Crippen LogP contribution in [0.25, 0.3) is 0 Å². The second-order valence-electron chi connectivity index (χ2n) is 9.14. The van der Waals surface area contributed by atoms with Crippen molar-refractivity contribution in [3.63, 3.8) is 0 Å². The quantitative estimate of drug-likeness (QED) is 0.596. The molecule has 1 amide bonds. The van der Waals surface area contributed by atoms with Gasteiger partial charge in [-0.15, -0.1) is 5.10 Å². The third-order valence-electron chi connectivity index (χ3n) is 6.94. The number of carbonyl (C=O) groups is 1. The van der Waals surface area contributed by atoms with Gasteiger partial charge in [0.25, 0.3) is 0 Å². The summed E-state index contributed by atoms with van der Waals surface area (Å²) in [5.74, 6) is 1.06. The molecule has 168 valence electrons. The zero-order valence-electron chi connectivity index (χ0n) is 18.7. The molecule has 1 saturated carbocycles. The van der Waals surface area contributed by atoms with Crippen molar-refractivity contribution in [2.75, 3.05) is 20.2 Å². The zero-order chi connectivity index (χ0) is 22.1. The molecule has 0 spiro atoms. The average molecular weight is 435 g/mol. The number of aromatic nitrogens is 5. The van der Waals surface area contributed by atoms with Crippen LogP contribution in [0.4, 0.5) is 0 Å². The molecule has 4 atom stereocenters. The average Bonchev–Trinajstić information content (AvgIpc) is 3.53. The van der Waals surface area contributed by atoms with Crippen LogP contribution >= 0.6 is 0 Å². The number of rotatable bonds is 6. The number of hydrogen-bond donors (Lipinski definition) is 0. The van der Waals surface area contributed by atoms with Crippen LogP contribution in [0.5, 0.6) is 0 Å². The molecule has 1 aliphatic carbocycles. The molecule has 1 aliphatic heterocycles. The zero-order valence-corrected chi connectivity index (χ0v) is 18.7. The van der Waals surface area contributed by atoms with E-state index in [2.05, 4.69) is 33.7 Å². The van der Waals surface area contributed by atoms with Crippen molar-refractivity contribution in [1.29, 1.82) is 0 Å². The molecule has 0 radical (unpaired) electrons. The van der Waals surface area contributed by atoms with Gasteiger partial charge in [0.1, 0.15) is 6.54 Å². The van der Waals surface area contributed by atoms with Crippen molar-refractivity contribution in [2.24, 2.45) is 11.8 Å². The Labute approximate surface area is 188 Å². The number of benzene rings is 1. The standard InChI is InChI=1S/C24H30N6O2/c1-17-8-9-29(26-17)16-24(31)28-13-19-11-22(23(32-2)12-20(19)14-28)30-15-21(25-27-30)10-18-6-4-3-5-7-18/h3-9,15,19-20,22-23H,10-14,16H2,1-2H3/t19-,20+,22-,23-/m1/s1. The van der Waals surface area contributed by atoms with E-state index < -0.39 is 0 Å². The second kappa shape index (κ2) is 8.86. The molecule has 5 rings (SSSR count). The number of ether oxygens (including phenoxy) is 1. The van der Waals surface area contributed by atoms with Gasteiger partial charge >= 0.3 is 0 Å². The summed E-state index contributed by atoms with van der Waals surface area (Å²) in [6.07, 6.45) is 6.65. The lowest BCUT2D eigenvalue weighted by Gasteiger charge is -2.36.